The van der Waals surface area contributed by atoms with Crippen molar-refractivity contribution in [2.24, 2.45) is 0 Å². The van der Waals surface area contributed by atoms with Crippen molar-refractivity contribution in [1.29, 1.82) is 0 Å². The fourth-order valence-electron chi connectivity index (χ4n) is 1.79. The van der Waals surface area contributed by atoms with Gasteiger partial charge in [0.15, 0.2) is 5.75 Å². The number of halogens is 2. The molecule has 4 nitrogen and oxygen atoms in total. The minimum absolute atomic E-state index is 0.412. The van der Waals surface area contributed by atoms with Gasteiger partial charge in [-0.1, -0.05) is 15.9 Å². The van der Waals surface area contributed by atoms with E-state index in [0.29, 0.717) is 5.75 Å². The van der Waals surface area contributed by atoms with Gasteiger partial charge in [-0.15, -0.1) is 0 Å². The highest BCUT2D eigenvalue weighted by atomic mass is 127. The molecule has 0 saturated carbocycles. The number of carbonyl (C=O) groups is 1. The van der Waals surface area contributed by atoms with Crippen molar-refractivity contribution in [3.63, 3.8) is 0 Å². The van der Waals surface area contributed by atoms with Gasteiger partial charge in [0.25, 0.3) is 0 Å². The van der Waals surface area contributed by atoms with Crippen LogP contribution < -0.4 is 4.89 Å². The Bertz CT molecular complexity index is 415. The highest BCUT2D eigenvalue weighted by Gasteiger charge is 2.19. The first-order valence-corrected chi connectivity index (χ1v) is 7.62. The molecule has 0 N–H and O–H groups in total. The van der Waals surface area contributed by atoms with Crippen molar-refractivity contribution in [3.8, 4) is 5.75 Å². The number of hydrogen-bond acceptors (Lipinski definition) is 3. The Balaban J connectivity index is 1.88. The van der Waals surface area contributed by atoms with Crippen LogP contribution in [0.3, 0.4) is 0 Å². The predicted molar refractivity (Wildman–Crippen MR) is 79.4 cm³/mol. The molecule has 6 heteroatoms. The van der Waals surface area contributed by atoms with Crippen molar-refractivity contribution < 1.29 is 14.6 Å². The predicted octanol–water partition coefficient (Wildman–Crippen LogP) is 3.97. The van der Waals surface area contributed by atoms with E-state index < -0.39 is 6.09 Å². The van der Waals surface area contributed by atoms with Crippen molar-refractivity contribution in [1.82, 2.24) is 4.90 Å². The molecule has 0 atom stereocenters. The number of benzene rings is 1. The lowest BCUT2D eigenvalue weighted by Crippen LogP contribution is -2.36. The molecule has 1 aliphatic rings. The molecular formula is C12H13BrINO3. The van der Waals surface area contributed by atoms with Gasteiger partial charge < -0.3 is 4.90 Å². The fourth-order valence-corrected chi connectivity index (χ4v) is 3.33. The maximum Gasteiger partial charge on any atom is 0.452 e. The van der Waals surface area contributed by atoms with Crippen LogP contribution in [0.5, 0.6) is 5.75 Å². The van der Waals surface area contributed by atoms with Gasteiger partial charge in [0.05, 0.1) is 0 Å². The molecule has 1 aromatic carbocycles. The standard InChI is InChI=1S/C12H13BrINO3/c13-9-6-10(14)8-11(7-9)17-18-12(16)15-4-2-1-3-5-15/h6-8H,1-5H2. The van der Waals surface area contributed by atoms with Crippen LogP contribution in [-0.4, -0.2) is 24.1 Å². The van der Waals surface area contributed by atoms with Gasteiger partial charge in [-0.05, 0) is 60.1 Å². The Kier molecular flexibility index (Phi) is 5.11. The first kappa shape index (κ1) is 13.9. The zero-order chi connectivity index (χ0) is 13.0. The molecule has 0 bridgehead atoms. The van der Waals surface area contributed by atoms with Crippen LogP contribution >= 0.6 is 38.5 Å². The summed E-state index contributed by atoms with van der Waals surface area (Å²) in [6.07, 6.45) is 2.83. The van der Waals surface area contributed by atoms with Crippen LogP contribution in [0.25, 0.3) is 0 Å². The van der Waals surface area contributed by atoms with Crippen molar-refractivity contribution in [3.05, 3.63) is 26.2 Å². The van der Waals surface area contributed by atoms with Crippen LogP contribution in [0.4, 0.5) is 4.79 Å². The van der Waals surface area contributed by atoms with Crippen molar-refractivity contribution >= 4 is 44.6 Å². The average Bonchev–Trinajstić information content (AvgIpc) is 2.36. The van der Waals surface area contributed by atoms with Gasteiger partial charge in [-0.3, -0.25) is 4.89 Å². The molecule has 1 fully saturated rings. The zero-order valence-electron chi connectivity index (χ0n) is 9.70. The topological polar surface area (TPSA) is 38.8 Å². The van der Waals surface area contributed by atoms with Gasteiger partial charge in [0, 0.05) is 21.1 Å². The minimum atomic E-state index is -0.412. The second-order valence-electron chi connectivity index (χ2n) is 4.09. The number of nitrogens with zero attached hydrogens (tertiary/aromatic N) is 1. The largest absolute Gasteiger partial charge is 0.452 e. The highest BCUT2D eigenvalue weighted by molar-refractivity contribution is 14.1. The second-order valence-corrected chi connectivity index (χ2v) is 6.25. The van der Waals surface area contributed by atoms with E-state index >= 15 is 0 Å². The number of hydrogen-bond donors (Lipinski definition) is 0. The summed E-state index contributed by atoms with van der Waals surface area (Å²) in [6, 6.07) is 5.50. The maximum atomic E-state index is 11.7. The van der Waals surface area contributed by atoms with Gasteiger partial charge >= 0.3 is 6.09 Å². The third-order valence-corrected chi connectivity index (χ3v) is 3.74. The molecule has 1 aliphatic heterocycles. The summed E-state index contributed by atoms with van der Waals surface area (Å²) in [4.78, 5) is 23.3. The van der Waals surface area contributed by atoms with E-state index in [2.05, 4.69) is 38.5 Å². The van der Waals surface area contributed by atoms with E-state index in [1.54, 1.807) is 17.0 Å². The molecule has 98 valence electrons. The third kappa shape index (κ3) is 4.01. The van der Waals surface area contributed by atoms with Crippen molar-refractivity contribution in [2.75, 3.05) is 13.1 Å². The molecule has 18 heavy (non-hydrogen) atoms. The van der Waals surface area contributed by atoms with E-state index in [4.69, 9.17) is 9.78 Å². The Morgan fingerprint density at radius 1 is 1.22 bits per heavy atom. The zero-order valence-corrected chi connectivity index (χ0v) is 13.4. The SMILES string of the molecule is O=C(OOc1cc(Br)cc(I)c1)N1CCCCC1. The molecular weight excluding hydrogens is 413 g/mol. The molecule has 1 amide bonds. The van der Waals surface area contributed by atoms with Crippen LogP contribution in [0.2, 0.25) is 0 Å². The molecule has 0 spiro atoms. The van der Waals surface area contributed by atoms with E-state index in [-0.39, 0.29) is 0 Å². The molecule has 0 unspecified atom stereocenters. The summed E-state index contributed by atoms with van der Waals surface area (Å²) in [6.45, 7) is 1.50. The Labute approximate surface area is 128 Å². The van der Waals surface area contributed by atoms with E-state index in [9.17, 15) is 4.79 Å². The fraction of sp³-hybridized carbons (Fsp3) is 0.417. The Morgan fingerprint density at radius 2 is 1.94 bits per heavy atom. The lowest BCUT2D eigenvalue weighted by atomic mass is 10.1. The number of amides is 1. The molecule has 2 rings (SSSR count). The van der Waals surface area contributed by atoms with E-state index in [0.717, 1.165) is 34.0 Å². The highest BCUT2D eigenvalue weighted by Crippen LogP contribution is 2.23. The van der Waals surface area contributed by atoms with Gasteiger partial charge in [-0.2, -0.15) is 0 Å². The Hall–Kier alpha value is -0.500. The lowest BCUT2D eigenvalue weighted by molar-refractivity contribution is -0.154. The monoisotopic (exact) mass is 425 g/mol. The van der Waals surface area contributed by atoms with E-state index in [1.807, 2.05) is 6.07 Å². The molecule has 0 radical (unpaired) electrons. The quantitative estimate of drug-likeness (QED) is 0.409. The molecule has 1 heterocycles. The van der Waals surface area contributed by atoms with Crippen LogP contribution in [0, 0.1) is 3.57 Å². The van der Waals surface area contributed by atoms with E-state index in [1.165, 1.54) is 6.42 Å². The van der Waals surface area contributed by atoms with Gasteiger partial charge in [0.1, 0.15) is 0 Å². The lowest BCUT2D eigenvalue weighted by Gasteiger charge is -2.24. The first-order chi connectivity index (χ1) is 8.65. The van der Waals surface area contributed by atoms with Gasteiger partial charge in [0.2, 0.25) is 0 Å². The van der Waals surface area contributed by atoms with Gasteiger partial charge in [-0.25, -0.2) is 9.68 Å². The summed E-state index contributed by atoms with van der Waals surface area (Å²) in [7, 11) is 0. The molecule has 1 aromatic rings. The molecule has 0 aromatic heterocycles. The normalized spacial score (nSPS) is 15.3. The number of likely N-dealkylation sites (tertiary alicyclic amines) is 1. The minimum Gasteiger partial charge on any atom is -0.305 e. The summed E-state index contributed by atoms with van der Waals surface area (Å²) in [5.41, 5.74) is 0. The number of carbonyl (C=O) groups excluding carboxylic acids is 1. The molecule has 0 aliphatic carbocycles. The summed E-state index contributed by atoms with van der Waals surface area (Å²) < 4.78 is 1.89. The summed E-state index contributed by atoms with van der Waals surface area (Å²) in [5, 5.41) is 0. The van der Waals surface area contributed by atoms with Crippen LogP contribution in [0.15, 0.2) is 22.7 Å². The van der Waals surface area contributed by atoms with Crippen LogP contribution in [-0.2, 0) is 4.89 Å². The summed E-state index contributed by atoms with van der Waals surface area (Å²) in [5.74, 6) is 0.513. The van der Waals surface area contributed by atoms with Crippen molar-refractivity contribution in [2.45, 2.75) is 19.3 Å². The second kappa shape index (κ2) is 6.60. The van der Waals surface area contributed by atoms with Crippen LogP contribution in [0.1, 0.15) is 19.3 Å². The number of rotatable bonds is 2. The number of piperidine rings is 1. The summed E-state index contributed by atoms with van der Waals surface area (Å²) >= 11 is 5.53. The first-order valence-electron chi connectivity index (χ1n) is 5.75. The third-order valence-electron chi connectivity index (χ3n) is 2.66. The average molecular weight is 426 g/mol. The Morgan fingerprint density at radius 3 is 2.61 bits per heavy atom. The smallest absolute Gasteiger partial charge is 0.305 e. The molecule has 1 saturated heterocycles. The maximum absolute atomic E-state index is 11.7.